The van der Waals surface area contributed by atoms with Crippen molar-refractivity contribution in [2.24, 2.45) is 0 Å². The van der Waals surface area contributed by atoms with Crippen molar-refractivity contribution in [2.45, 2.75) is 19.3 Å². The fraction of sp³-hybridized carbons (Fsp3) is 0.600. The molecule has 0 unspecified atom stereocenters. The Bertz CT molecular complexity index is 538. The first-order valence-corrected chi connectivity index (χ1v) is 8.13. The molecule has 6 nitrogen and oxygen atoms in total. The SMILES string of the molecule is O=C(O)c1csc(CCN2CCCCS2(=O)=O)n1. The topological polar surface area (TPSA) is 87.6 Å². The Balaban J connectivity index is 1.96. The molecule has 0 aliphatic carbocycles. The second-order valence-corrected chi connectivity index (χ2v) is 7.13. The molecule has 100 valence electrons. The standard InChI is InChI=1S/C10H14N2O4S2/c13-10(14)8-7-17-9(11-8)3-5-12-4-1-2-6-18(12,15)16/h7H,1-6H2,(H,13,14). The maximum absolute atomic E-state index is 11.7. The summed E-state index contributed by atoms with van der Waals surface area (Å²) >= 11 is 1.25. The Morgan fingerprint density at radius 1 is 1.50 bits per heavy atom. The number of hydrogen-bond acceptors (Lipinski definition) is 5. The lowest BCUT2D eigenvalue weighted by Gasteiger charge is -2.25. The first kappa shape index (κ1) is 13.4. The summed E-state index contributed by atoms with van der Waals surface area (Å²) in [6, 6.07) is 0. The molecule has 1 aromatic heterocycles. The number of aromatic nitrogens is 1. The molecule has 1 saturated heterocycles. The van der Waals surface area contributed by atoms with Gasteiger partial charge in [-0.3, -0.25) is 0 Å². The molecule has 0 saturated carbocycles. The molecule has 0 amide bonds. The minimum absolute atomic E-state index is 0.0245. The molecule has 1 aliphatic heterocycles. The third kappa shape index (κ3) is 3.06. The van der Waals surface area contributed by atoms with Gasteiger partial charge in [0, 0.05) is 24.9 Å². The predicted molar refractivity (Wildman–Crippen MR) is 67.4 cm³/mol. The monoisotopic (exact) mass is 290 g/mol. The first-order chi connectivity index (χ1) is 8.49. The van der Waals surface area contributed by atoms with Crippen LogP contribution in [-0.2, 0) is 16.4 Å². The molecule has 0 bridgehead atoms. The molecule has 0 atom stereocenters. The molecule has 2 heterocycles. The smallest absolute Gasteiger partial charge is 0.355 e. The Morgan fingerprint density at radius 3 is 2.89 bits per heavy atom. The van der Waals surface area contributed by atoms with E-state index in [1.54, 1.807) is 0 Å². The maximum Gasteiger partial charge on any atom is 0.355 e. The van der Waals surface area contributed by atoms with Gasteiger partial charge in [0.25, 0.3) is 0 Å². The number of nitrogens with zero attached hydrogens (tertiary/aromatic N) is 2. The van der Waals surface area contributed by atoms with Gasteiger partial charge in [-0.15, -0.1) is 11.3 Å². The van der Waals surface area contributed by atoms with E-state index < -0.39 is 16.0 Å². The van der Waals surface area contributed by atoms with Gasteiger partial charge in [-0.25, -0.2) is 22.5 Å². The molecule has 0 aromatic carbocycles. The zero-order chi connectivity index (χ0) is 13.2. The Hall–Kier alpha value is -0.990. The summed E-state index contributed by atoms with van der Waals surface area (Å²) in [5, 5.41) is 10.9. The van der Waals surface area contributed by atoms with Crippen molar-refractivity contribution in [1.82, 2.24) is 9.29 Å². The molecule has 0 spiro atoms. The highest BCUT2D eigenvalue weighted by atomic mass is 32.2. The number of sulfonamides is 1. The lowest BCUT2D eigenvalue weighted by Crippen LogP contribution is -2.39. The van der Waals surface area contributed by atoms with Gasteiger partial charge in [-0.05, 0) is 12.8 Å². The lowest BCUT2D eigenvalue weighted by molar-refractivity contribution is 0.0691. The zero-order valence-corrected chi connectivity index (χ0v) is 11.3. The van der Waals surface area contributed by atoms with Crippen molar-refractivity contribution in [3.63, 3.8) is 0 Å². The Labute approximate surface area is 109 Å². The number of aromatic carboxylic acids is 1. The van der Waals surface area contributed by atoms with Crippen molar-refractivity contribution in [1.29, 1.82) is 0 Å². The highest BCUT2D eigenvalue weighted by Gasteiger charge is 2.25. The van der Waals surface area contributed by atoms with Crippen LogP contribution in [0.25, 0.3) is 0 Å². The molecule has 0 radical (unpaired) electrons. The zero-order valence-electron chi connectivity index (χ0n) is 9.70. The number of carboxylic acid groups (broad SMARTS) is 1. The normalized spacial score (nSPS) is 19.8. The van der Waals surface area contributed by atoms with Crippen molar-refractivity contribution < 1.29 is 18.3 Å². The van der Waals surface area contributed by atoms with E-state index in [1.807, 2.05) is 0 Å². The average Bonchev–Trinajstić information content (AvgIpc) is 2.76. The molecule has 2 rings (SSSR count). The van der Waals surface area contributed by atoms with E-state index in [2.05, 4.69) is 4.98 Å². The molecule has 1 fully saturated rings. The maximum atomic E-state index is 11.7. The Kier molecular flexibility index (Phi) is 3.98. The van der Waals surface area contributed by atoms with Gasteiger partial charge in [0.2, 0.25) is 10.0 Å². The minimum atomic E-state index is -3.11. The van der Waals surface area contributed by atoms with E-state index in [-0.39, 0.29) is 11.4 Å². The second kappa shape index (κ2) is 5.33. The van der Waals surface area contributed by atoms with Crippen molar-refractivity contribution >= 4 is 27.3 Å². The van der Waals surface area contributed by atoms with Crippen LogP contribution in [0.4, 0.5) is 0 Å². The summed E-state index contributed by atoms with van der Waals surface area (Å²) in [6.07, 6.45) is 2.08. The third-order valence-corrected chi connectivity index (χ3v) is 5.66. The minimum Gasteiger partial charge on any atom is -0.476 e. The first-order valence-electron chi connectivity index (χ1n) is 5.64. The average molecular weight is 290 g/mol. The molecule has 1 aromatic rings. The lowest BCUT2D eigenvalue weighted by atomic mass is 10.3. The van der Waals surface area contributed by atoms with E-state index in [1.165, 1.54) is 21.0 Å². The Morgan fingerprint density at radius 2 is 2.28 bits per heavy atom. The van der Waals surface area contributed by atoms with Crippen LogP contribution in [0.15, 0.2) is 5.38 Å². The van der Waals surface area contributed by atoms with Crippen LogP contribution in [0.5, 0.6) is 0 Å². The van der Waals surface area contributed by atoms with Crippen LogP contribution in [0, 0.1) is 0 Å². The van der Waals surface area contributed by atoms with Crippen molar-refractivity contribution in [3.05, 3.63) is 16.1 Å². The van der Waals surface area contributed by atoms with Gasteiger partial charge < -0.3 is 5.11 Å². The number of hydrogen-bond donors (Lipinski definition) is 1. The predicted octanol–water partition coefficient (Wildman–Crippen LogP) is 0.809. The number of rotatable bonds is 4. The third-order valence-electron chi connectivity index (χ3n) is 2.80. The van der Waals surface area contributed by atoms with Crippen LogP contribution < -0.4 is 0 Å². The van der Waals surface area contributed by atoms with Gasteiger partial charge in [0.15, 0.2) is 5.69 Å². The number of carboxylic acids is 1. The van der Waals surface area contributed by atoms with Gasteiger partial charge in [-0.2, -0.15) is 0 Å². The van der Waals surface area contributed by atoms with Crippen molar-refractivity contribution in [3.8, 4) is 0 Å². The van der Waals surface area contributed by atoms with Crippen molar-refractivity contribution in [2.75, 3.05) is 18.8 Å². The quantitative estimate of drug-likeness (QED) is 0.886. The van der Waals surface area contributed by atoms with Crippen LogP contribution >= 0.6 is 11.3 Å². The van der Waals surface area contributed by atoms with E-state index >= 15 is 0 Å². The highest BCUT2D eigenvalue weighted by Crippen LogP contribution is 2.16. The van der Waals surface area contributed by atoms with Gasteiger partial charge in [0.1, 0.15) is 0 Å². The summed E-state index contributed by atoms with van der Waals surface area (Å²) < 4.78 is 24.9. The largest absolute Gasteiger partial charge is 0.476 e. The van der Waals surface area contributed by atoms with E-state index in [4.69, 9.17) is 5.11 Å². The van der Waals surface area contributed by atoms with Gasteiger partial charge >= 0.3 is 5.97 Å². The van der Waals surface area contributed by atoms with Crippen LogP contribution in [-0.4, -0.2) is 47.6 Å². The van der Waals surface area contributed by atoms with E-state index in [0.29, 0.717) is 24.5 Å². The fourth-order valence-electron chi connectivity index (χ4n) is 1.84. The summed E-state index contributed by atoms with van der Waals surface area (Å²) in [5.74, 6) is -0.839. The van der Waals surface area contributed by atoms with E-state index in [9.17, 15) is 13.2 Å². The van der Waals surface area contributed by atoms with E-state index in [0.717, 1.165) is 12.8 Å². The van der Waals surface area contributed by atoms with Crippen LogP contribution in [0.1, 0.15) is 28.3 Å². The fourth-order valence-corrected chi connectivity index (χ4v) is 4.20. The van der Waals surface area contributed by atoms with Gasteiger partial charge in [-0.1, -0.05) is 0 Å². The molecular formula is C10H14N2O4S2. The summed E-state index contributed by atoms with van der Waals surface area (Å²) in [6.45, 7) is 0.939. The molecule has 1 N–H and O–H groups in total. The summed E-state index contributed by atoms with van der Waals surface area (Å²) in [4.78, 5) is 14.6. The molecule has 18 heavy (non-hydrogen) atoms. The summed E-state index contributed by atoms with van der Waals surface area (Å²) in [5.41, 5.74) is 0.0245. The molecule has 1 aliphatic rings. The highest BCUT2D eigenvalue weighted by molar-refractivity contribution is 7.89. The molecular weight excluding hydrogens is 276 g/mol. The number of thiazole rings is 1. The van der Waals surface area contributed by atoms with Crippen LogP contribution in [0.3, 0.4) is 0 Å². The second-order valence-electron chi connectivity index (χ2n) is 4.10. The number of carbonyl (C=O) groups is 1. The summed E-state index contributed by atoms with van der Waals surface area (Å²) in [7, 11) is -3.11. The van der Waals surface area contributed by atoms with Crippen LogP contribution in [0.2, 0.25) is 0 Å². The molecule has 8 heteroatoms. The van der Waals surface area contributed by atoms with Gasteiger partial charge in [0.05, 0.1) is 10.8 Å².